The molecule has 31 heavy (non-hydrogen) atoms. The number of piperazine rings is 1. The molecule has 0 amide bonds. The largest absolute Gasteiger partial charge is 0.490 e. The second kappa shape index (κ2) is 9.70. The summed E-state index contributed by atoms with van der Waals surface area (Å²) in [5.41, 5.74) is 2.60. The van der Waals surface area contributed by atoms with Gasteiger partial charge in [0.1, 0.15) is 18.5 Å². The highest BCUT2D eigenvalue weighted by Gasteiger charge is 2.27. The van der Waals surface area contributed by atoms with Crippen LogP contribution >= 0.6 is 0 Å². The topological polar surface area (TPSA) is 45.2 Å². The number of aliphatic hydroxyl groups excluding tert-OH is 1. The Morgan fingerprint density at radius 1 is 1.00 bits per heavy atom. The van der Waals surface area contributed by atoms with Crippen molar-refractivity contribution in [3.63, 3.8) is 0 Å². The monoisotopic (exact) mass is 422 g/mol. The molecule has 5 heteroatoms. The summed E-state index contributed by atoms with van der Waals surface area (Å²) >= 11 is 0. The number of hydrogen-bond donors (Lipinski definition) is 1. The van der Waals surface area contributed by atoms with E-state index in [2.05, 4.69) is 52.3 Å². The van der Waals surface area contributed by atoms with Crippen molar-refractivity contribution in [2.45, 2.75) is 25.4 Å². The average Bonchev–Trinajstić information content (AvgIpc) is 3.63. The molecule has 0 radical (unpaired) electrons. The third-order valence-electron chi connectivity index (χ3n) is 6.77. The third-order valence-corrected chi connectivity index (χ3v) is 6.77. The molecule has 5 nitrogen and oxygen atoms in total. The molecular formula is C26H34N2O3. The van der Waals surface area contributed by atoms with Gasteiger partial charge in [0.05, 0.1) is 13.2 Å². The maximum Gasteiger partial charge on any atom is 0.127 e. The molecule has 2 aliphatic heterocycles. The van der Waals surface area contributed by atoms with Crippen molar-refractivity contribution in [2.75, 3.05) is 59.1 Å². The molecule has 5 rings (SSSR count). The molecule has 1 atom stereocenters. The van der Waals surface area contributed by atoms with Gasteiger partial charge in [0.25, 0.3) is 0 Å². The highest BCUT2D eigenvalue weighted by atomic mass is 16.5. The molecule has 166 valence electrons. The van der Waals surface area contributed by atoms with Gasteiger partial charge in [-0.05, 0) is 47.8 Å². The fourth-order valence-electron chi connectivity index (χ4n) is 4.81. The van der Waals surface area contributed by atoms with Crippen LogP contribution < -0.4 is 4.74 Å². The lowest BCUT2D eigenvalue weighted by atomic mass is 9.95. The van der Waals surface area contributed by atoms with E-state index in [0.717, 1.165) is 56.3 Å². The first-order valence-corrected chi connectivity index (χ1v) is 11.8. The van der Waals surface area contributed by atoms with Crippen LogP contribution in [0.3, 0.4) is 0 Å². The second-order valence-corrected chi connectivity index (χ2v) is 9.22. The number of benzene rings is 2. The van der Waals surface area contributed by atoms with Gasteiger partial charge in [0.15, 0.2) is 0 Å². The highest BCUT2D eigenvalue weighted by molar-refractivity contribution is 5.97. The van der Waals surface area contributed by atoms with Gasteiger partial charge >= 0.3 is 0 Å². The highest BCUT2D eigenvalue weighted by Crippen LogP contribution is 2.34. The van der Waals surface area contributed by atoms with Gasteiger partial charge in [-0.2, -0.15) is 0 Å². The number of aliphatic hydroxyl groups is 1. The SMILES string of the molecule is OC(COc1ccc(C2=CCOCC2)c2ccccc12)CN1CCN(CC2CC2)CC1. The Balaban J connectivity index is 1.18. The number of ether oxygens (including phenoxy) is 2. The van der Waals surface area contributed by atoms with Crippen LogP contribution in [0.4, 0.5) is 0 Å². The predicted octanol–water partition coefficient (Wildman–Crippen LogP) is 3.41. The molecule has 3 aliphatic rings. The molecule has 0 spiro atoms. The molecule has 2 aromatic rings. The Labute approximate surface area is 185 Å². The first-order chi connectivity index (χ1) is 15.3. The fraction of sp³-hybridized carbons (Fsp3) is 0.538. The molecular weight excluding hydrogens is 388 g/mol. The van der Waals surface area contributed by atoms with Crippen molar-refractivity contribution >= 4 is 16.3 Å². The van der Waals surface area contributed by atoms with Crippen LogP contribution in [0.2, 0.25) is 0 Å². The lowest BCUT2D eigenvalue weighted by Crippen LogP contribution is -2.49. The maximum atomic E-state index is 10.6. The maximum absolute atomic E-state index is 10.6. The molecule has 2 heterocycles. The van der Waals surface area contributed by atoms with E-state index in [4.69, 9.17) is 9.47 Å². The minimum atomic E-state index is -0.480. The summed E-state index contributed by atoms with van der Waals surface area (Å²) in [6.45, 7) is 8.06. The van der Waals surface area contributed by atoms with Crippen LogP contribution in [-0.2, 0) is 4.74 Å². The standard InChI is InChI=1S/C26H34N2O3/c29-22(18-28-13-11-27(12-14-28)17-20-5-6-20)19-31-26-8-7-23(21-9-15-30-16-10-21)24-3-1-2-4-25(24)26/h1-4,7-9,20,22,29H,5-6,10-19H2. The Bertz CT molecular complexity index is 916. The summed E-state index contributed by atoms with van der Waals surface area (Å²) in [5, 5.41) is 12.9. The van der Waals surface area contributed by atoms with Gasteiger partial charge < -0.3 is 19.5 Å². The molecule has 1 saturated carbocycles. The van der Waals surface area contributed by atoms with E-state index in [1.165, 1.54) is 35.9 Å². The predicted molar refractivity (Wildman–Crippen MR) is 124 cm³/mol. The van der Waals surface area contributed by atoms with Crippen molar-refractivity contribution in [2.24, 2.45) is 5.92 Å². The Kier molecular flexibility index (Phi) is 6.55. The van der Waals surface area contributed by atoms with Crippen molar-refractivity contribution in [1.82, 2.24) is 9.80 Å². The third kappa shape index (κ3) is 5.29. The van der Waals surface area contributed by atoms with Crippen LogP contribution in [0.1, 0.15) is 24.8 Å². The van der Waals surface area contributed by atoms with Crippen molar-refractivity contribution in [3.05, 3.63) is 48.0 Å². The van der Waals surface area contributed by atoms with Gasteiger partial charge in [-0.1, -0.05) is 36.4 Å². The minimum Gasteiger partial charge on any atom is -0.490 e. The number of fused-ring (bicyclic) bond motifs is 1. The average molecular weight is 423 g/mol. The summed E-state index contributed by atoms with van der Waals surface area (Å²) < 4.78 is 11.6. The lowest BCUT2D eigenvalue weighted by Gasteiger charge is -2.35. The minimum absolute atomic E-state index is 0.322. The van der Waals surface area contributed by atoms with Gasteiger partial charge in [-0.15, -0.1) is 0 Å². The zero-order valence-corrected chi connectivity index (χ0v) is 18.3. The van der Waals surface area contributed by atoms with E-state index in [-0.39, 0.29) is 0 Å². The summed E-state index contributed by atoms with van der Waals surface area (Å²) in [7, 11) is 0. The van der Waals surface area contributed by atoms with Crippen LogP contribution in [0.15, 0.2) is 42.5 Å². The second-order valence-electron chi connectivity index (χ2n) is 9.22. The summed E-state index contributed by atoms with van der Waals surface area (Å²) in [5.74, 6) is 1.80. The molecule has 1 unspecified atom stereocenters. The molecule has 1 aliphatic carbocycles. The van der Waals surface area contributed by atoms with E-state index in [1.54, 1.807) is 0 Å². The van der Waals surface area contributed by atoms with Gasteiger partial charge in [-0.3, -0.25) is 4.90 Å². The summed E-state index contributed by atoms with van der Waals surface area (Å²) in [6.07, 6.45) is 5.47. The van der Waals surface area contributed by atoms with E-state index in [9.17, 15) is 5.11 Å². The zero-order chi connectivity index (χ0) is 21.0. The van der Waals surface area contributed by atoms with E-state index < -0.39 is 6.10 Å². The molecule has 0 aromatic heterocycles. The normalized spacial score (nSPS) is 21.8. The van der Waals surface area contributed by atoms with Gasteiger partial charge in [0.2, 0.25) is 0 Å². The Morgan fingerprint density at radius 3 is 2.52 bits per heavy atom. The molecule has 0 bridgehead atoms. The van der Waals surface area contributed by atoms with Gasteiger partial charge in [0, 0.05) is 44.7 Å². The van der Waals surface area contributed by atoms with Crippen molar-refractivity contribution < 1.29 is 14.6 Å². The quantitative estimate of drug-likeness (QED) is 0.706. The fourth-order valence-corrected chi connectivity index (χ4v) is 4.81. The van der Waals surface area contributed by atoms with Gasteiger partial charge in [-0.25, -0.2) is 0 Å². The smallest absolute Gasteiger partial charge is 0.127 e. The Morgan fingerprint density at radius 2 is 1.77 bits per heavy atom. The summed E-state index contributed by atoms with van der Waals surface area (Å²) in [4.78, 5) is 4.95. The number of rotatable bonds is 8. The lowest BCUT2D eigenvalue weighted by molar-refractivity contribution is 0.0456. The first kappa shape index (κ1) is 21.0. The van der Waals surface area contributed by atoms with Crippen LogP contribution in [0.5, 0.6) is 5.75 Å². The molecule has 2 fully saturated rings. The van der Waals surface area contributed by atoms with Crippen LogP contribution in [0.25, 0.3) is 16.3 Å². The van der Waals surface area contributed by atoms with Crippen LogP contribution in [-0.4, -0.2) is 80.1 Å². The number of β-amino-alcohol motifs (C(OH)–C–C–N with tert-alkyl or cyclic N) is 1. The van der Waals surface area contributed by atoms with E-state index >= 15 is 0 Å². The first-order valence-electron chi connectivity index (χ1n) is 11.8. The number of hydrogen-bond acceptors (Lipinski definition) is 5. The van der Waals surface area contributed by atoms with Crippen LogP contribution in [0, 0.1) is 5.92 Å². The zero-order valence-electron chi connectivity index (χ0n) is 18.3. The molecule has 1 N–H and O–H groups in total. The summed E-state index contributed by atoms with van der Waals surface area (Å²) in [6, 6.07) is 12.6. The van der Waals surface area contributed by atoms with E-state index in [1.807, 2.05) is 0 Å². The Hall–Kier alpha value is -1.92. The number of nitrogens with zero attached hydrogens (tertiary/aromatic N) is 2. The van der Waals surface area contributed by atoms with E-state index in [0.29, 0.717) is 19.8 Å². The van der Waals surface area contributed by atoms with Crippen molar-refractivity contribution in [1.29, 1.82) is 0 Å². The molecule has 2 aromatic carbocycles. The molecule has 1 saturated heterocycles. The van der Waals surface area contributed by atoms with Crippen molar-refractivity contribution in [3.8, 4) is 5.75 Å².